The van der Waals surface area contributed by atoms with Crippen LogP contribution in [-0.2, 0) is 6.42 Å². The number of para-hydroxylation sites is 1. The summed E-state index contributed by atoms with van der Waals surface area (Å²) in [4.78, 5) is 45.7. The first-order valence-corrected chi connectivity index (χ1v) is 43.1. The van der Waals surface area contributed by atoms with Crippen LogP contribution in [0, 0.1) is 11.3 Å². The lowest BCUT2D eigenvalue weighted by molar-refractivity contribution is 0.428. The van der Waals surface area contributed by atoms with Crippen molar-refractivity contribution < 1.29 is 4.42 Å². The molecule has 7 aromatic heterocycles. The molecule has 120 heavy (non-hydrogen) atoms. The van der Waals surface area contributed by atoms with Gasteiger partial charge in [0.25, 0.3) is 0 Å². The number of benzene rings is 16. The number of hydrogen-bond acceptors (Lipinski definition) is 14. The lowest BCUT2D eigenvalue weighted by Gasteiger charge is -2.21. The van der Waals surface area contributed by atoms with Crippen LogP contribution in [0.5, 0.6) is 0 Å². The molecule has 7 heterocycles. The van der Waals surface area contributed by atoms with E-state index in [0.29, 0.717) is 46.4 Å². The first-order chi connectivity index (χ1) is 59.3. The van der Waals surface area contributed by atoms with Crippen molar-refractivity contribution in [2.24, 2.45) is 0 Å². The van der Waals surface area contributed by atoms with Crippen LogP contribution in [0.2, 0.25) is 0 Å². The number of aryl methyl sites for hydroxylation is 1. The normalized spacial score (nSPS) is 12.5. The SMILES string of the molecule is CCc1ccc(-c2nc(-c3cccc(C#N)c3)nc(-c3cccc4c3sc3cc5ccccc5cc34)n2)cc1.c1ccc(-c2nc(-c3cccc4ccccc34)nc(-c3cccc4cc5sc6ccccc6c5cc34)n2)cc1.c1ccc2c(-c3nc(-c4ccc5oc6ccccc6c5c4)nc(C4CCCCC4)n3)c3sc4ccccc4c3cc2c1. The van der Waals surface area contributed by atoms with Gasteiger partial charge in [0.05, 0.1) is 11.6 Å². The van der Waals surface area contributed by atoms with Gasteiger partial charge in [0.1, 0.15) is 17.0 Å². The van der Waals surface area contributed by atoms with E-state index in [1.165, 1.54) is 108 Å². The molecule has 0 bridgehead atoms. The number of nitrogens with zero attached hydrogens (tertiary/aromatic N) is 10. The molecule has 23 aromatic rings. The number of hydrogen-bond donors (Lipinski definition) is 0. The van der Waals surface area contributed by atoms with Crippen LogP contribution in [0.15, 0.2) is 332 Å². The first-order valence-electron chi connectivity index (χ1n) is 40.7. The fourth-order valence-electron chi connectivity index (χ4n) is 17.3. The molecule has 24 rings (SSSR count). The third-order valence-electron chi connectivity index (χ3n) is 23.3. The van der Waals surface area contributed by atoms with Gasteiger partial charge < -0.3 is 4.42 Å². The van der Waals surface area contributed by atoms with Crippen LogP contribution >= 0.6 is 34.0 Å². The Bertz CT molecular complexity index is 8050. The molecule has 0 amide bonds. The summed E-state index contributed by atoms with van der Waals surface area (Å²) in [5, 5.41) is 28.7. The smallest absolute Gasteiger partial charge is 0.165 e. The van der Waals surface area contributed by atoms with E-state index in [-0.39, 0.29) is 0 Å². The maximum atomic E-state index is 9.48. The van der Waals surface area contributed by atoms with Crippen LogP contribution in [0.1, 0.15) is 61.9 Å². The highest BCUT2D eigenvalue weighted by atomic mass is 32.1. The number of thiophene rings is 3. The second kappa shape index (κ2) is 30.5. The highest BCUT2D eigenvalue weighted by Gasteiger charge is 2.26. The Morgan fingerprint density at radius 2 is 0.775 bits per heavy atom. The van der Waals surface area contributed by atoms with Gasteiger partial charge in [0.2, 0.25) is 0 Å². The topological polar surface area (TPSA) is 153 Å². The zero-order chi connectivity index (χ0) is 79.7. The van der Waals surface area contributed by atoms with Crippen LogP contribution in [-0.4, -0.2) is 44.9 Å². The summed E-state index contributed by atoms with van der Waals surface area (Å²) in [5.41, 5.74) is 11.4. The molecule has 0 N–H and O–H groups in total. The van der Waals surface area contributed by atoms with E-state index in [1.807, 2.05) is 71.2 Å². The van der Waals surface area contributed by atoms with Crippen molar-refractivity contribution in [3.8, 4) is 97.2 Å². The molecule has 568 valence electrons. The van der Waals surface area contributed by atoms with Gasteiger partial charge in [-0.1, -0.05) is 269 Å². The quantitative estimate of drug-likeness (QED) is 0.129. The standard InChI is InChI=1S/C37H27N3OS.C35H21N3S.C34H22N4S/c1-2-10-22(11-3-1)35-38-36(24-18-19-31-28(21-24)26-14-6-8-16-30(26)41-31)40-37(39-35)33-25-13-5-4-12-23(25)20-29-27-15-7-9-17-32(27)42-34(29)33;1-2-11-23(12-3-1)33-36-34(27-17-8-13-22-10-4-5-15-25(22)27)38-35(37-33)28-18-9-14-24-20-32-30(21-29(24)28)26-16-6-7-19-31(26)39-32;1-2-21-13-15-23(16-14-21)32-36-33(26-10-5-7-22(17-26)20-35)38-34(37-32)28-12-6-11-27-29-18-24-8-3-4-9-25(24)19-30(29)39-31(27)28/h4-9,12-22H,1-3,10-11H2;1-21H;3-19H,2H2,1H3. The Balaban J connectivity index is 0.000000108. The third kappa shape index (κ3) is 13.3. The predicted octanol–water partition coefficient (Wildman–Crippen LogP) is 29.0. The summed E-state index contributed by atoms with van der Waals surface area (Å²) in [7, 11) is 0. The Labute approximate surface area is 702 Å². The average Bonchev–Trinajstić information content (AvgIpc) is 1.54. The molecule has 0 radical (unpaired) electrons. The second-order valence-corrected chi connectivity index (χ2v) is 33.8. The van der Waals surface area contributed by atoms with Crippen molar-refractivity contribution in [2.75, 3.05) is 0 Å². The summed E-state index contributed by atoms with van der Waals surface area (Å²) in [5.74, 6) is 6.59. The molecule has 1 fully saturated rings. The summed E-state index contributed by atoms with van der Waals surface area (Å²) in [6, 6.07) is 116. The lowest BCUT2D eigenvalue weighted by Crippen LogP contribution is -2.11. The van der Waals surface area contributed by atoms with Crippen molar-refractivity contribution in [1.82, 2.24) is 44.9 Å². The number of nitriles is 1. The minimum atomic E-state index is 0.352. The van der Waals surface area contributed by atoms with E-state index in [2.05, 4.69) is 286 Å². The molecule has 1 aliphatic rings. The number of furan rings is 1. The Kier molecular flexibility index (Phi) is 18.3. The maximum Gasteiger partial charge on any atom is 0.165 e. The van der Waals surface area contributed by atoms with Crippen LogP contribution in [0.25, 0.3) is 217 Å². The van der Waals surface area contributed by atoms with Crippen LogP contribution in [0.4, 0.5) is 0 Å². The van der Waals surface area contributed by atoms with E-state index < -0.39 is 0 Å². The molecule has 0 spiro atoms. The van der Waals surface area contributed by atoms with E-state index >= 15 is 0 Å². The molecule has 0 atom stereocenters. The maximum absolute atomic E-state index is 9.48. The average molecular weight is 1600 g/mol. The van der Waals surface area contributed by atoms with Crippen molar-refractivity contribution in [1.29, 1.82) is 5.26 Å². The van der Waals surface area contributed by atoms with Crippen LogP contribution in [0.3, 0.4) is 0 Å². The Morgan fingerprint density at radius 3 is 1.54 bits per heavy atom. The summed E-state index contributed by atoms with van der Waals surface area (Å²) >= 11 is 5.44. The number of fused-ring (bicyclic) bond motifs is 16. The predicted molar refractivity (Wildman–Crippen MR) is 499 cm³/mol. The Hall–Kier alpha value is -14.5. The largest absolute Gasteiger partial charge is 0.456 e. The van der Waals surface area contributed by atoms with E-state index in [4.69, 9.17) is 49.3 Å². The molecule has 16 aromatic carbocycles. The number of aromatic nitrogens is 9. The van der Waals surface area contributed by atoms with Gasteiger partial charge in [-0.3, -0.25) is 0 Å². The van der Waals surface area contributed by atoms with Crippen molar-refractivity contribution in [3.63, 3.8) is 0 Å². The van der Waals surface area contributed by atoms with Crippen molar-refractivity contribution in [3.05, 3.63) is 345 Å². The van der Waals surface area contributed by atoms with Gasteiger partial charge in [-0.25, -0.2) is 44.9 Å². The molecular weight excluding hydrogens is 1530 g/mol. The highest BCUT2D eigenvalue weighted by Crippen LogP contribution is 2.47. The highest BCUT2D eigenvalue weighted by molar-refractivity contribution is 7.27. The second-order valence-electron chi connectivity index (χ2n) is 30.6. The molecule has 1 saturated carbocycles. The zero-order valence-electron chi connectivity index (χ0n) is 65.1. The molecule has 1 aliphatic carbocycles. The molecule has 14 heteroatoms. The van der Waals surface area contributed by atoms with E-state index in [1.54, 1.807) is 17.4 Å². The van der Waals surface area contributed by atoms with Crippen molar-refractivity contribution in [2.45, 2.75) is 51.4 Å². The molecule has 0 saturated heterocycles. The zero-order valence-corrected chi connectivity index (χ0v) is 67.6. The van der Waals surface area contributed by atoms with Gasteiger partial charge in [-0.05, 0) is 153 Å². The van der Waals surface area contributed by atoms with E-state index in [0.717, 1.165) is 124 Å². The number of rotatable bonds is 10. The monoisotopic (exact) mass is 1590 g/mol. The molecule has 11 nitrogen and oxygen atoms in total. The van der Waals surface area contributed by atoms with Gasteiger partial charge in [-0.2, -0.15) is 5.26 Å². The van der Waals surface area contributed by atoms with Gasteiger partial charge in [0, 0.05) is 122 Å². The fraction of sp³-hybridized carbons (Fsp3) is 0.0755. The molecule has 0 unspecified atom stereocenters. The minimum absolute atomic E-state index is 0.352. The molecular formula is C106H70N10OS3. The van der Waals surface area contributed by atoms with Gasteiger partial charge in [-0.15, -0.1) is 34.0 Å². The minimum Gasteiger partial charge on any atom is -0.456 e. The molecule has 0 aliphatic heterocycles. The lowest BCUT2D eigenvalue weighted by atomic mass is 9.88. The van der Waals surface area contributed by atoms with Gasteiger partial charge >= 0.3 is 0 Å². The summed E-state index contributed by atoms with van der Waals surface area (Å²) < 4.78 is 13.6. The Morgan fingerprint density at radius 1 is 0.300 bits per heavy atom. The first kappa shape index (κ1) is 72.0. The third-order valence-corrected chi connectivity index (χ3v) is 26.8. The summed E-state index contributed by atoms with van der Waals surface area (Å²) in [6.45, 7) is 2.14. The summed E-state index contributed by atoms with van der Waals surface area (Å²) in [6.07, 6.45) is 6.96. The van der Waals surface area contributed by atoms with Gasteiger partial charge in [0.15, 0.2) is 46.6 Å². The van der Waals surface area contributed by atoms with Crippen LogP contribution < -0.4 is 0 Å². The fourth-order valence-corrected chi connectivity index (χ4v) is 20.9. The van der Waals surface area contributed by atoms with E-state index in [9.17, 15) is 5.26 Å². The van der Waals surface area contributed by atoms with Crippen molar-refractivity contribution >= 4 is 160 Å².